The van der Waals surface area contributed by atoms with Crippen LogP contribution in [-0.2, 0) is 6.54 Å². The molecular formula is C16H25ClN2. The molecule has 2 nitrogen and oxygen atoms in total. The average Bonchev–Trinajstić information content (AvgIpc) is 2.40. The Labute approximate surface area is 122 Å². The monoisotopic (exact) mass is 280 g/mol. The lowest BCUT2D eigenvalue weighted by Crippen LogP contribution is -2.41. The van der Waals surface area contributed by atoms with Crippen LogP contribution in [0.3, 0.4) is 0 Å². The van der Waals surface area contributed by atoms with Crippen LogP contribution in [0.4, 0.5) is 5.69 Å². The van der Waals surface area contributed by atoms with Crippen molar-refractivity contribution >= 4 is 17.3 Å². The minimum absolute atomic E-state index is 0.607. The first-order valence-corrected chi connectivity index (χ1v) is 7.75. The van der Waals surface area contributed by atoms with Crippen molar-refractivity contribution in [3.63, 3.8) is 0 Å². The van der Waals surface area contributed by atoms with Crippen LogP contribution in [0.2, 0.25) is 5.02 Å². The molecule has 0 aromatic heterocycles. The zero-order valence-corrected chi connectivity index (χ0v) is 13.0. The third kappa shape index (κ3) is 3.64. The molecule has 0 aliphatic carbocycles. The molecule has 1 fully saturated rings. The molecule has 0 amide bonds. The molecule has 1 aromatic carbocycles. The van der Waals surface area contributed by atoms with Gasteiger partial charge in [0.15, 0.2) is 0 Å². The quantitative estimate of drug-likeness (QED) is 0.894. The zero-order chi connectivity index (χ0) is 13.8. The van der Waals surface area contributed by atoms with Crippen molar-refractivity contribution in [2.24, 2.45) is 5.92 Å². The highest BCUT2D eigenvalue weighted by Gasteiger charge is 2.24. The van der Waals surface area contributed by atoms with E-state index in [2.05, 4.69) is 43.1 Å². The van der Waals surface area contributed by atoms with Crippen molar-refractivity contribution in [1.82, 2.24) is 5.32 Å². The van der Waals surface area contributed by atoms with Gasteiger partial charge in [-0.1, -0.05) is 31.5 Å². The summed E-state index contributed by atoms with van der Waals surface area (Å²) in [5, 5.41) is 4.25. The van der Waals surface area contributed by atoms with E-state index in [0.29, 0.717) is 6.04 Å². The van der Waals surface area contributed by atoms with Gasteiger partial charge in [0, 0.05) is 29.8 Å². The normalized spacial score (nSPS) is 23.7. The molecule has 2 rings (SSSR count). The minimum atomic E-state index is 0.607. The number of piperidine rings is 1. The van der Waals surface area contributed by atoms with Crippen molar-refractivity contribution in [2.45, 2.75) is 46.2 Å². The lowest BCUT2D eigenvalue weighted by molar-refractivity contribution is 0.389. The molecule has 0 saturated carbocycles. The third-order valence-electron chi connectivity index (χ3n) is 4.04. The van der Waals surface area contributed by atoms with Crippen molar-refractivity contribution in [3.8, 4) is 0 Å². The number of halogens is 1. The maximum Gasteiger partial charge on any atom is 0.0429 e. The van der Waals surface area contributed by atoms with E-state index in [9.17, 15) is 0 Å². The summed E-state index contributed by atoms with van der Waals surface area (Å²) in [5.41, 5.74) is 2.67. The predicted molar refractivity (Wildman–Crippen MR) is 84.0 cm³/mol. The molecule has 1 aliphatic rings. The second-order valence-corrected chi connectivity index (χ2v) is 6.17. The summed E-state index contributed by atoms with van der Waals surface area (Å²) in [6.07, 6.45) is 2.61. The first-order chi connectivity index (χ1) is 9.11. The molecule has 3 heteroatoms. The summed E-state index contributed by atoms with van der Waals surface area (Å²) in [4.78, 5) is 2.53. The Bertz CT molecular complexity index is 419. The number of rotatable bonds is 4. The lowest BCUT2D eigenvalue weighted by atomic mass is 9.93. The fourth-order valence-electron chi connectivity index (χ4n) is 2.84. The summed E-state index contributed by atoms with van der Waals surface area (Å²) in [6.45, 7) is 9.85. The highest BCUT2D eigenvalue weighted by atomic mass is 35.5. The molecule has 2 unspecified atom stereocenters. The second kappa shape index (κ2) is 6.62. The predicted octanol–water partition coefficient (Wildman–Crippen LogP) is 4.07. The molecule has 1 aliphatic heterocycles. The zero-order valence-electron chi connectivity index (χ0n) is 12.2. The molecule has 1 saturated heterocycles. The van der Waals surface area contributed by atoms with Crippen LogP contribution in [0.15, 0.2) is 18.2 Å². The van der Waals surface area contributed by atoms with Gasteiger partial charge in [0.2, 0.25) is 0 Å². The van der Waals surface area contributed by atoms with Gasteiger partial charge < -0.3 is 10.2 Å². The second-order valence-electron chi connectivity index (χ2n) is 5.74. The fraction of sp³-hybridized carbons (Fsp3) is 0.625. The highest BCUT2D eigenvalue weighted by Crippen LogP contribution is 2.32. The molecule has 1 N–H and O–H groups in total. The van der Waals surface area contributed by atoms with E-state index in [1.165, 1.54) is 24.1 Å². The maximum atomic E-state index is 6.21. The van der Waals surface area contributed by atoms with Crippen molar-refractivity contribution < 1.29 is 0 Å². The summed E-state index contributed by atoms with van der Waals surface area (Å²) >= 11 is 6.21. The first kappa shape index (κ1) is 14.7. The standard InChI is InChI=1S/C16H25ClN2/c1-4-18-10-14-7-8-15(17)9-16(14)19-11-12(2)5-6-13(19)3/h7-9,12-13,18H,4-6,10-11H2,1-3H3. The van der Waals surface area contributed by atoms with Crippen molar-refractivity contribution in [2.75, 3.05) is 18.0 Å². The highest BCUT2D eigenvalue weighted by molar-refractivity contribution is 6.30. The van der Waals surface area contributed by atoms with E-state index in [1.807, 2.05) is 6.07 Å². The third-order valence-corrected chi connectivity index (χ3v) is 4.27. The number of nitrogens with one attached hydrogen (secondary N) is 1. The Kier molecular flexibility index (Phi) is 5.12. The van der Waals surface area contributed by atoms with Gasteiger partial charge in [0.25, 0.3) is 0 Å². The van der Waals surface area contributed by atoms with Crippen LogP contribution in [0.25, 0.3) is 0 Å². The number of hydrogen-bond acceptors (Lipinski definition) is 2. The Morgan fingerprint density at radius 3 is 2.84 bits per heavy atom. The molecule has 0 spiro atoms. The molecule has 2 atom stereocenters. The van der Waals surface area contributed by atoms with Crippen molar-refractivity contribution in [1.29, 1.82) is 0 Å². The summed E-state index contributed by atoms with van der Waals surface area (Å²) in [5.74, 6) is 0.766. The molecule has 106 valence electrons. The van der Waals surface area contributed by atoms with Crippen LogP contribution in [-0.4, -0.2) is 19.1 Å². The smallest absolute Gasteiger partial charge is 0.0429 e. The Morgan fingerprint density at radius 1 is 1.32 bits per heavy atom. The van der Waals surface area contributed by atoms with Crippen LogP contribution in [0.5, 0.6) is 0 Å². The van der Waals surface area contributed by atoms with Crippen LogP contribution in [0.1, 0.15) is 39.2 Å². The van der Waals surface area contributed by atoms with E-state index < -0.39 is 0 Å². The minimum Gasteiger partial charge on any atom is -0.368 e. The van der Waals surface area contributed by atoms with Gasteiger partial charge in [-0.25, -0.2) is 0 Å². The van der Waals surface area contributed by atoms with Crippen molar-refractivity contribution in [3.05, 3.63) is 28.8 Å². The van der Waals surface area contributed by atoms with E-state index in [0.717, 1.165) is 30.6 Å². The van der Waals surface area contributed by atoms with E-state index in [1.54, 1.807) is 0 Å². The molecule has 19 heavy (non-hydrogen) atoms. The van der Waals surface area contributed by atoms with Crippen LogP contribution >= 0.6 is 11.6 Å². The van der Waals surface area contributed by atoms with Gasteiger partial charge in [-0.3, -0.25) is 0 Å². The fourth-order valence-corrected chi connectivity index (χ4v) is 3.00. The van der Waals surface area contributed by atoms with E-state index in [4.69, 9.17) is 11.6 Å². The summed E-state index contributed by atoms with van der Waals surface area (Å²) in [7, 11) is 0. The Hall–Kier alpha value is -0.730. The molecular weight excluding hydrogens is 256 g/mol. The van der Waals surface area contributed by atoms with Crippen LogP contribution in [0, 0.1) is 5.92 Å². The molecule has 1 aromatic rings. The van der Waals surface area contributed by atoms with E-state index >= 15 is 0 Å². The summed E-state index contributed by atoms with van der Waals surface area (Å²) in [6, 6.07) is 6.89. The lowest BCUT2D eigenvalue weighted by Gasteiger charge is -2.39. The molecule has 1 heterocycles. The van der Waals surface area contributed by atoms with E-state index in [-0.39, 0.29) is 0 Å². The van der Waals surface area contributed by atoms with Gasteiger partial charge in [-0.05, 0) is 49.9 Å². The Morgan fingerprint density at radius 2 is 2.11 bits per heavy atom. The number of benzene rings is 1. The van der Waals surface area contributed by atoms with Gasteiger partial charge >= 0.3 is 0 Å². The van der Waals surface area contributed by atoms with Gasteiger partial charge in [-0.2, -0.15) is 0 Å². The topological polar surface area (TPSA) is 15.3 Å². The van der Waals surface area contributed by atoms with Gasteiger partial charge in [-0.15, -0.1) is 0 Å². The molecule has 0 radical (unpaired) electrons. The Balaban J connectivity index is 2.27. The number of anilines is 1. The SMILES string of the molecule is CCNCc1ccc(Cl)cc1N1CC(C)CCC1C. The largest absolute Gasteiger partial charge is 0.368 e. The average molecular weight is 281 g/mol. The first-order valence-electron chi connectivity index (χ1n) is 7.37. The van der Waals surface area contributed by atoms with Gasteiger partial charge in [0.05, 0.1) is 0 Å². The number of nitrogens with zero attached hydrogens (tertiary/aromatic N) is 1. The van der Waals surface area contributed by atoms with Crippen LogP contribution < -0.4 is 10.2 Å². The molecule has 0 bridgehead atoms. The summed E-state index contributed by atoms with van der Waals surface area (Å²) < 4.78 is 0. The van der Waals surface area contributed by atoms with Gasteiger partial charge in [0.1, 0.15) is 0 Å². The maximum absolute atomic E-state index is 6.21. The number of hydrogen-bond donors (Lipinski definition) is 1.